The van der Waals surface area contributed by atoms with E-state index in [-0.39, 0.29) is 5.56 Å². The zero-order chi connectivity index (χ0) is 11.5. The molecular formula is C11H8N2O3. The maximum absolute atomic E-state index is 11.4. The molecule has 2 aromatic heterocycles. The molecule has 2 aromatic rings. The molecule has 2 rings (SSSR count). The van der Waals surface area contributed by atoms with Gasteiger partial charge in [0.25, 0.3) is 5.56 Å². The molecule has 0 atom stereocenters. The topological polar surface area (TPSA) is 83.0 Å². The van der Waals surface area contributed by atoms with Gasteiger partial charge >= 0.3 is 5.97 Å². The van der Waals surface area contributed by atoms with E-state index in [2.05, 4.69) is 9.97 Å². The van der Waals surface area contributed by atoms with Crippen molar-refractivity contribution < 1.29 is 9.90 Å². The first-order chi connectivity index (χ1) is 7.70. The van der Waals surface area contributed by atoms with Crippen LogP contribution in [0.3, 0.4) is 0 Å². The van der Waals surface area contributed by atoms with Crippen molar-refractivity contribution in [2.45, 2.75) is 0 Å². The van der Waals surface area contributed by atoms with Crippen LogP contribution in [0.15, 0.2) is 41.5 Å². The van der Waals surface area contributed by atoms with Gasteiger partial charge in [-0.2, -0.15) is 0 Å². The average Bonchev–Trinajstić information content (AvgIpc) is 2.29. The number of aromatic nitrogens is 2. The molecule has 0 spiro atoms. The highest BCUT2D eigenvalue weighted by Crippen LogP contribution is 2.17. The van der Waals surface area contributed by atoms with Crippen LogP contribution < -0.4 is 5.56 Å². The van der Waals surface area contributed by atoms with Crippen LogP contribution in [0.5, 0.6) is 0 Å². The second kappa shape index (κ2) is 3.98. The fourth-order valence-corrected chi connectivity index (χ4v) is 1.43. The molecular weight excluding hydrogens is 208 g/mol. The van der Waals surface area contributed by atoms with Gasteiger partial charge in [0.15, 0.2) is 0 Å². The third-order valence-corrected chi connectivity index (χ3v) is 2.12. The molecule has 16 heavy (non-hydrogen) atoms. The van der Waals surface area contributed by atoms with Gasteiger partial charge in [0.2, 0.25) is 0 Å². The monoisotopic (exact) mass is 216 g/mol. The minimum atomic E-state index is -1.26. The molecule has 0 aliphatic carbocycles. The summed E-state index contributed by atoms with van der Waals surface area (Å²) in [5, 5.41) is 8.96. The number of nitrogens with one attached hydrogen (secondary N) is 1. The van der Waals surface area contributed by atoms with Crippen molar-refractivity contribution in [3.05, 3.63) is 52.6 Å². The molecule has 0 saturated carbocycles. The molecule has 0 bridgehead atoms. The molecule has 0 amide bonds. The minimum Gasteiger partial charge on any atom is -0.477 e. The van der Waals surface area contributed by atoms with Crippen molar-refractivity contribution in [1.29, 1.82) is 0 Å². The number of H-pyrrole nitrogens is 1. The van der Waals surface area contributed by atoms with Crippen LogP contribution in [0.4, 0.5) is 0 Å². The lowest BCUT2D eigenvalue weighted by Crippen LogP contribution is -2.18. The van der Waals surface area contributed by atoms with E-state index >= 15 is 0 Å². The summed E-state index contributed by atoms with van der Waals surface area (Å²) in [5.41, 5.74) is -0.139. The number of nitrogens with zero attached hydrogens (tertiary/aromatic N) is 1. The fraction of sp³-hybridized carbons (Fsp3) is 0. The zero-order valence-electron chi connectivity index (χ0n) is 8.18. The number of hydrogen-bond donors (Lipinski definition) is 2. The van der Waals surface area contributed by atoms with Crippen molar-refractivity contribution in [2.75, 3.05) is 0 Å². The lowest BCUT2D eigenvalue weighted by atomic mass is 10.1. The van der Waals surface area contributed by atoms with E-state index in [1.54, 1.807) is 24.4 Å². The van der Waals surface area contributed by atoms with Crippen LogP contribution in [0.2, 0.25) is 0 Å². The van der Waals surface area contributed by atoms with Gasteiger partial charge in [-0.05, 0) is 18.2 Å². The van der Waals surface area contributed by atoms with Crippen LogP contribution in [0.1, 0.15) is 10.4 Å². The molecule has 0 fully saturated rings. The number of aromatic carboxylic acids is 1. The third-order valence-electron chi connectivity index (χ3n) is 2.12. The highest BCUT2D eigenvalue weighted by molar-refractivity contribution is 5.94. The van der Waals surface area contributed by atoms with E-state index in [0.29, 0.717) is 11.3 Å². The summed E-state index contributed by atoms with van der Waals surface area (Å²) in [6.07, 6.45) is 2.95. The Morgan fingerprint density at radius 1 is 1.31 bits per heavy atom. The van der Waals surface area contributed by atoms with Gasteiger partial charge in [-0.3, -0.25) is 9.78 Å². The number of pyridine rings is 2. The Morgan fingerprint density at radius 2 is 2.12 bits per heavy atom. The Morgan fingerprint density at radius 3 is 2.75 bits per heavy atom. The van der Waals surface area contributed by atoms with Crippen molar-refractivity contribution in [1.82, 2.24) is 9.97 Å². The molecule has 80 valence electrons. The van der Waals surface area contributed by atoms with Crippen LogP contribution >= 0.6 is 0 Å². The van der Waals surface area contributed by atoms with E-state index in [1.807, 2.05) is 0 Å². The van der Waals surface area contributed by atoms with E-state index < -0.39 is 11.5 Å². The summed E-state index contributed by atoms with van der Waals surface area (Å²) >= 11 is 0. The molecule has 2 N–H and O–H groups in total. The molecule has 0 aromatic carbocycles. The van der Waals surface area contributed by atoms with Crippen LogP contribution in [0, 0.1) is 0 Å². The summed E-state index contributed by atoms with van der Waals surface area (Å²) in [5.74, 6) is -1.26. The third kappa shape index (κ3) is 1.70. The molecule has 5 nitrogen and oxygen atoms in total. The molecule has 0 saturated heterocycles. The number of carboxylic acids is 1. The second-order valence-corrected chi connectivity index (χ2v) is 3.12. The first kappa shape index (κ1) is 10.1. The number of carbonyl (C=O) groups is 1. The second-order valence-electron chi connectivity index (χ2n) is 3.12. The van der Waals surface area contributed by atoms with Crippen molar-refractivity contribution in [3.8, 4) is 11.3 Å². The fourth-order valence-electron chi connectivity index (χ4n) is 1.43. The zero-order valence-corrected chi connectivity index (χ0v) is 8.18. The SMILES string of the molecule is O=C(O)c1c(-c2ccccn2)cc[nH]c1=O. The maximum Gasteiger partial charge on any atom is 0.342 e. The Kier molecular flexibility index (Phi) is 2.51. The lowest BCUT2D eigenvalue weighted by Gasteiger charge is -2.03. The van der Waals surface area contributed by atoms with Crippen molar-refractivity contribution in [3.63, 3.8) is 0 Å². The number of rotatable bonds is 2. The molecule has 2 heterocycles. The van der Waals surface area contributed by atoms with E-state index in [4.69, 9.17) is 5.11 Å². The average molecular weight is 216 g/mol. The summed E-state index contributed by atoms with van der Waals surface area (Å²) in [6, 6.07) is 6.63. The number of aromatic amines is 1. The summed E-state index contributed by atoms with van der Waals surface area (Å²) in [4.78, 5) is 28.7. The van der Waals surface area contributed by atoms with Gasteiger partial charge in [0, 0.05) is 18.0 Å². The van der Waals surface area contributed by atoms with Gasteiger partial charge < -0.3 is 10.1 Å². The molecule has 0 radical (unpaired) electrons. The predicted molar refractivity (Wildman–Crippen MR) is 57.3 cm³/mol. The summed E-state index contributed by atoms with van der Waals surface area (Å²) in [7, 11) is 0. The molecule has 0 unspecified atom stereocenters. The van der Waals surface area contributed by atoms with Crippen molar-refractivity contribution in [2.24, 2.45) is 0 Å². The standard InChI is InChI=1S/C11H8N2O3/c14-10-9(11(15)16)7(4-6-13-10)8-3-1-2-5-12-8/h1-6H,(H,13,14)(H,15,16). The van der Waals surface area contributed by atoms with Crippen LogP contribution in [-0.4, -0.2) is 21.0 Å². The molecule has 5 heteroatoms. The minimum absolute atomic E-state index is 0.291. The van der Waals surface area contributed by atoms with Gasteiger partial charge in [-0.1, -0.05) is 6.07 Å². The van der Waals surface area contributed by atoms with Crippen molar-refractivity contribution >= 4 is 5.97 Å². The first-order valence-electron chi connectivity index (χ1n) is 4.56. The Labute approximate surface area is 90.4 Å². The van der Waals surface area contributed by atoms with Crippen LogP contribution in [0.25, 0.3) is 11.3 Å². The van der Waals surface area contributed by atoms with Gasteiger partial charge in [-0.25, -0.2) is 4.79 Å². The van der Waals surface area contributed by atoms with Gasteiger partial charge in [-0.15, -0.1) is 0 Å². The highest BCUT2D eigenvalue weighted by atomic mass is 16.4. The number of carboxylic acid groups (broad SMARTS) is 1. The smallest absolute Gasteiger partial charge is 0.342 e. The Balaban J connectivity index is 2.71. The van der Waals surface area contributed by atoms with E-state index in [1.165, 1.54) is 12.3 Å². The molecule has 0 aliphatic rings. The van der Waals surface area contributed by atoms with E-state index in [0.717, 1.165) is 0 Å². The lowest BCUT2D eigenvalue weighted by molar-refractivity contribution is 0.0696. The summed E-state index contributed by atoms with van der Waals surface area (Å²) in [6.45, 7) is 0. The van der Waals surface area contributed by atoms with Gasteiger partial charge in [0.1, 0.15) is 5.56 Å². The van der Waals surface area contributed by atoms with E-state index in [9.17, 15) is 9.59 Å². The number of hydrogen-bond acceptors (Lipinski definition) is 3. The Bertz CT molecular complexity index is 575. The maximum atomic E-state index is 11.4. The van der Waals surface area contributed by atoms with Crippen LogP contribution in [-0.2, 0) is 0 Å². The predicted octanol–water partition coefficient (Wildman–Crippen LogP) is 1.14. The normalized spacial score (nSPS) is 10.0. The highest BCUT2D eigenvalue weighted by Gasteiger charge is 2.16. The molecule has 0 aliphatic heterocycles. The Hall–Kier alpha value is -2.43. The summed E-state index contributed by atoms with van der Waals surface area (Å²) < 4.78 is 0. The van der Waals surface area contributed by atoms with Gasteiger partial charge in [0.05, 0.1) is 5.69 Å². The largest absolute Gasteiger partial charge is 0.477 e. The first-order valence-corrected chi connectivity index (χ1v) is 4.56. The quantitative estimate of drug-likeness (QED) is 0.788.